The molecule has 0 aliphatic carbocycles. The first-order valence-corrected chi connectivity index (χ1v) is 6.74. The fourth-order valence-corrected chi connectivity index (χ4v) is 2.75. The Bertz CT molecular complexity index is 687. The van der Waals surface area contributed by atoms with Crippen LogP contribution in [0, 0.1) is 0 Å². The van der Waals surface area contributed by atoms with E-state index in [4.69, 9.17) is 0 Å². The van der Waals surface area contributed by atoms with Crippen molar-refractivity contribution in [3.8, 4) is 0 Å². The van der Waals surface area contributed by atoms with Crippen LogP contribution in [-0.2, 0) is 6.54 Å². The van der Waals surface area contributed by atoms with Crippen LogP contribution in [0.1, 0.15) is 5.56 Å². The Hall–Kier alpha value is -1.38. The number of benzene rings is 3. The summed E-state index contributed by atoms with van der Waals surface area (Å²) in [5.74, 6) is 0. The smallest absolute Gasteiger partial charge is 0.105 e. The number of halogens is 1. The van der Waals surface area contributed by atoms with Gasteiger partial charge in [-0.3, -0.25) is 0 Å². The normalized spacial score (nSPS) is 11.6. The Morgan fingerprint density at radius 2 is 1.20 bits per heavy atom. The van der Waals surface area contributed by atoms with E-state index in [2.05, 4.69) is 75.7 Å². The molecule has 104 valence electrons. The van der Waals surface area contributed by atoms with Crippen molar-refractivity contribution in [1.82, 2.24) is 0 Å². The molecule has 3 aromatic carbocycles. The number of fused-ring (bicyclic) bond motifs is 2. The second-order valence-electron chi connectivity index (χ2n) is 6.25. The van der Waals surface area contributed by atoms with Gasteiger partial charge in [-0.05, 0) is 27.6 Å². The van der Waals surface area contributed by atoms with E-state index in [1.807, 2.05) is 0 Å². The van der Waals surface area contributed by atoms with Gasteiger partial charge < -0.3 is 21.5 Å². The van der Waals surface area contributed by atoms with Crippen molar-refractivity contribution < 1.29 is 21.5 Å². The van der Waals surface area contributed by atoms with E-state index in [1.54, 1.807) is 0 Å². The molecule has 0 N–H and O–H groups in total. The summed E-state index contributed by atoms with van der Waals surface area (Å²) in [5, 5.41) is 5.44. The molecular weight excluding hydrogens is 310 g/mol. The van der Waals surface area contributed by atoms with Gasteiger partial charge in [-0.1, -0.05) is 48.5 Å². The molecule has 0 amide bonds. The third kappa shape index (κ3) is 2.87. The van der Waals surface area contributed by atoms with E-state index < -0.39 is 0 Å². The number of hydrogen-bond donors (Lipinski definition) is 0. The average molecular weight is 330 g/mol. The summed E-state index contributed by atoms with van der Waals surface area (Å²) in [5.41, 5.74) is 1.46. The largest absolute Gasteiger partial charge is 1.00 e. The highest BCUT2D eigenvalue weighted by Gasteiger charge is 2.14. The van der Waals surface area contributed by atoms with Crippen LogP contribution >= 0.6 is 0 Å². The summed E-state index contributed by atoms with van der Waals surface area (Å²) in [7, 11) is 6.74. The monoisotopic (exact) mass is 329 g/mol. The maximum Gasteiger partial charge on any atom is 0.105 e. The van der Waals surface area contributed by atoms with E-state index in [-0.39, 0.29) is 17.0 Å². The fourth-order valence-electron chi connectivity index (χ4n) is 2.75. The standard InChI is InChI=1S/C18H20N.BrH/c1-19(2,3)13-18-16-10-6-4-8-14(16)12-15-9-5-7-11-17(15)18;/h4-12H,13H2,1-3H3;1H/q+1;/p-1. The van der Waals surface area contributed by atoms with Crippen LogP contribution in [-0.4, -0.2) is 25.6 Å². The summed E-state index contributed by atoms with van der Waals surface area (Å²) in [4.78, 5) is 0. The van der Waals surface area contributed by atoms with Gasteiger partial charge >= 0.3 is 0 Å². The highest BCUT2D eigenvalue weighted by atomic mass is 79.9. The zero-order chi connectivity index (χ0) is 13.5. The molecule has 0 fully saturated rings. The van der Waals surface area contributed by atoms with Crippen LogP contribution in [0.4, 0.5) is 0 Å². The minimum atomic E-state index is 0. The molecule has 0 spiro atoms. The fraction of sp³-hybridized carbons (Fsp3) is 0.222. The number of rotatable bonds is 2. The molecule has 3 aromatic rings. The van der Waals surface area contributed by atoms with Crippen LogP contribution in [0.2, 0.25) is 0 Å². The van der Waals surface area contributed by atoms with Gasteiger partial charge in [0.2, 0.25) is 0 Å². The van der Waals surface area contributed by atoms with Crippen LogP contribution in [0.15, 0.2) is 54.6 Å². The third-order valence-electron chi connectivity index (χ3n) is 3.52. The third-order valence-corrected chi connectivity index (χ3v) is 3.52. The zero-order valence-corrected chi connectivity index (χ0v) is 13.8. The molecule has 0 atom stereocenters. The lowest BCUT2D eigenvalue weighted by Crippen LogP contribution is -3.00. The minimum Gasteiger partial charge on any atom is -1.00 e. The van der Waals surface area contributed by atoms with Gasteiger partial charge in [-0.15, -0.1) is 0 Å². The highest BCUT2D eigenvalue weighted by Crippen LogP contribution is 2.29. The van der Waals surface area contributed by atoms with Crippen molar-refractivity contribution in [2.75, 3.05) is 21.1 Å². The Kier molecular flexibility index (Phi) is 4.17. The number of hydrogen-bond acceptors (Lipinski definition) is 0. The summed E-state index contributed by atoms with van der Waals surface area (Å²) >= 11 is 0. The molecule has 0 saturated heterocycles. The second kappa shape index (κ2) is 5.55. The summed E-state index contributed by atoms with van der Waals surface area (Å²) < 4.78 is 0.942. The highest BCUT2D eigenvalue weighted by molar-refractivity contribution is 6.02. The molecule has 0 saturated carbocycles. The maximum atomic E-state index is 2.30. The first-order chi connectivity index (χ1) is 9.04. The molecule has 0 aliphatic heterocycles. The van der Waals surface area contributed by atoms with Crippen molar-refractivity contribution in [1.29, 1.82) is 0 Å². The van der Waals surface area contributed by atoms with Crippen molar-refractivity contribution in [2.45, 2.75) is 6.54 Å². The predicted octanol–water partition coefficient (Wildman–Crippen LogP) is 1.20. The molecule has 0 heterocycles. The van der Waals surface area contributed by atoms with E-state index in [1.165, 1.54) is 27.1 Å². The summed E-state index contributed by atoms with van der Waals surface area (Å²) in [6.07, 6.45) is 0. The molecular formula is C18H20BrN. The lowest BCUT2D eigenvalue weighted by Gasteiger charge is -2.25. The van der Waals surface area contributed by atoms with Crippen LogP contribution in [0.3, 0.4) is 0 Å². The van der Waals surface area contributed by atoms with Crippen molar-refractivity contribution in [2.24, 2.45) is 0 Å². The Morgan fingerprint density at radius 3 is 1.65 bits per heavy atom. The van der Waals surface area contributed by atoms with Gasteiger partial charge in [-0.25, -0.2) is 0 Å². The minimum absolute atomic E-state index is 0. The van der Waals surface area contributed by atoms with Crippen molar-refractivity contribution >= 4 is 21.5 Å². The quantitative estimate of drug-likeness (QED) is 0.489. The Morgan fingerprint density at radius 1 is 0.750 bits per heavy atom. The molecule has 0 aliphatic rings. The van der Waals surface area contributed by atoms with Gasteiger partial charge in [0.05, 0.1) is 21.1 Å². The van der Waals surface area contributed by atoms with Gasteiger partial charge in [0.25, 0.3) is 0 Å². The summed E-state index contributed by atoms with van der Waals surface area (Å²) in [6, 6.07) is 19.7. The Balaban J connectivity index is 0.00000147. The molecule has 0 aromatic heterocycles. The maximum absolute atomic E-state index is 2.30. The van der Waals surface area contributed by atoms with Gasteiger partial charge in [0.15, 0.2) is 0 Å². The zero-order valence-electron chi connectivity index (χ0n) is 12.2. The lowest BCUT2D eigenvalue weighted by molar-refractivity contribution is -0.883. The Labute approximate surface area is 131 Å². The molecule has 3 rings (SSSR count). The molecule has 20 heavy (non-hydrogen) atoms. The second-order valence-corrected chi connectivity index (χ2v) is 6.25. The van der Waals surface area contributed by atoms with Crippen molar-refractivity contribution in [3.63, 3.8) is 0 Å². The predicted molar refractivity (Wildman–Crippen MR) is 83.2 cm³/mol. The SMILES string of the molecule is C[N+](C)(C)Cc1c2ccccc2cc2ccccc12.[Br-]. The average Bonchev–Trinajstić information content (AvgIpc) is 2.37. The van der Waals surface area contributed by atoms with Crippen molar-refractivity contribution in [3.05, 3.63) is 60.2 Å². The molecule has 0 bridgehead atoms. The van der Waals surface area contributed by atoms with E-state index >= 15 is 0 Å². The topological polar surface area (TPSA) is 0 Å². The van der Waals surface area contributed by atoms with Gasteiger partial charge in [0, 0.05) is 5.56 Å². The lowest BCUT2D eigenvalue weighted by atomic mass is 9.96. The van der Waals surface area contributed by atoms with Gasteiger partial charge in [-0.2, -0.15) is 0 Å². The first kappa shape index (κ1) is 15.0. The molecule has 0 unspecified atom stereocenters. The van der Waals surface area contributed by atoms with Gasteiger partial charge in [0.1, 0.15) is 6.54 Å². The number of nitrogens with zero attached hydrogens (tertiary/aromatic N) is 1. The van der Waals surface area contributed by atoms with Crippen LogP contribution in [0.5, 0.6) is 0 Å². The molecule has 0 radical (unpaired) electrons. The molecule has 1 nitrogen and oxygen atoms in total. The van der Waals surface area contributed by atoms with E-state index in [0.717, 1.165) is 11.0 Å². The van der Waals surface area contributed by atoms with E-state index in [0.29, 0.717) is 0 Å². The van der Waals surface area contributed by atoms with E-state index in [9.17, 15) is 0 Å². The van der Waals surface area contributed by atoms with Crippen LogP contribution in [0.25, 0.3) is 21.5 Å². The number of quaternary nitrogens is 1. The van der Waals surface area contributed by atoms with Crippen LogP contribution < -0.4 is 17.0 Å². The summed E-state index contributed by atoms with van der Waals surface area (Å²) in [6.45, 7) is 1.04. The first-order valence-electron chi connectivity index (χ1n) is 6.74. The molecule has 2 heteroatoms.